The number of aromatic nitrogens is 1. The summed E-state index contributed by atoms with van der Waals surface area (Å²) in [4.78, 5) is 0. The summed E-state index contributed by atoms with van der Waals surface area (Å²) in [6, 6.07) is 19.9. The Hall–Kier alpha value is -2.93. The molecule has 0 spiro atoms. The lowest BCUT2D eigenvalue weighted by Gasteiger charge is -2.49. The van der Waals surface area contributed by atoms with Gasteiger partial charge in [-0.05, 0) is 82.4 Å². The van der Waals surface area contributed by atoms with Gasteiger partial charge in [-0.2, -0.15) is 0 Å². The fourth-order valence-corrected chi connectivity index (χ4v) is 5.54. The van der Waals surface area contributed by atoms with E-state index in [-0.39, 0.29) is 10.8 Å². The van der Waals surface area contributed by atoms with E-state index in [9.17, 15) is 0 Å². The van der Waals surface area contributed by atoms with Gasteiger partial charge in [0, 0.05) is 21.2 Å². The van der Waals surface area contributed by atoms with Crippen molar-refractivity contribution in [3.8, 4) is 22.4 Å². The number of hydrogen-bond acceptors (Lipinski definition) is 0. The molecule has 162 valence electrons. The predicted molar refractivity (Wildman–Crippen MR) is 136 cm³/mol. The summed E-state index contributed by atoms with van der Waals surface area (Å²) in [7, 11) is 1.96. The van der Waals surface area contributed by atoms with Crippen LogP contribution in [-0.4, -0.2) is 0 Å². The monoisotopic (exact) mass is 423 g/mol. The van der Waals surface area contributed by atoms with Crippen LogP contribution in [0.25, 0.3) is 33.2 Å². The van der Waals surface area contributed by atoms with Gasteiger partial charge in [0.25, 0.3) is 0 Å². The molecular formula is C31H34N+. The van der Waals surface area contributed by atoms with Gasteiger partial charge >= 0.3 is 0 Å². The van der Waals surface area contributed by atoms with Gasteiger partial charge in [0.05, 0.1) is 5.56 Å². The Morgan fingerprint density at radius 1 is 0.750 bits per heavy atom. The average Bonchev–Trinajstić information content (AvgIpc) is 2.77. The van der Waals surface area contributed by atoms with Crippen LogP contribution < -0.4 is 4.57 Å². The molecule has 3 aromatic carbocycles. The van der Waals surface area contributed by atoms with Crippen LogP contribution in [0.15, 0.2) is 60.8 Å². The molecule has 1 aliphatic rings. The third-order valence-electron chi connectivity index (χ3n) is 8.19. The molecule has 1 aliphatic carbocycles. The highest BCUT2D eigenvalue weighted by Crippen LogP contribution is 2.57. The molecule has 1 aromatic heterocycles. The zero-order valence-electron chi connectivity index (χ0n) is 23.2. The quantitative estimate of drug-likeness (QED) is 0.279. The van der Waals surface area contributed by atoms with Crippen LogP contribution in [0.2, 0.25) is 0 Å². The number of nitrogens with zero attached hydrogens (tertiary/aromatic N) is 1. The number of rotatable bonds is 1. The Bertz CT molecular complexity index is 1510. The smallest absolute Gasteiger partial charge is 0.201 e. The van der Waals surface area contributed by atoms with Crippen molar-refractivity contribution in [2.24, 2.45) is 7.05 Å². The predicted octanol–water partition coefficient (Wildman–Crippen LogP) is 7.49. The molecule has 0 bridgehead atoms. The van der Waals surface area contributed by atoms with Gasteiger partial charge in [-0.3, -0.25) is 0 Å². The highest BCUT2D eigenvalue weighted by atomic mass is 14.9. The summed E-state index contributed by atoms with van der Waals surface area (Å²) < 4.78 is 25.9. The van der Waals surface area contributed by atoms with Crippen LogP contribution in [0.4, 0.5) is 0 Å². The Kier molecular flexibility index (Phi) is 3.73. The van der Waals surface area contributed by atoms with Crippen molar-refractivity contribution in [1.82, 2.24) is 0 Å². The maximum absolute atomic E-state index is 7.96. The van der Waals surface area contributed by atoms with Crippen molar-refractivity contribution in [1.29, 1.82) is 0 Å². The maximum atomic E-state index is 7.96. The highest BCUT2D eigenvalue weighted by Gasteiger charge is 2.48. The van der Waals surface area contributed by atoms with Crippen molar-refractivity contribution < 1.29 is 8.68 Å². The van der Waals surface area contributed by atoms with E-state index in [0.29, 0.717) is 5.56 Å². The lowest BCUT2D eigenvalue weighted by Crippen LogP contribution is -2.44. The molecule has 4 aromatic rings. The molecule has 32 heavy (non-hydrogen) atoms. The number of aryl methyl sites for hydroxylation is 4. The Morgan fingerprint density at radius 3 is 2.12 bits per heavy atom. The Balaban J connectivity index is 1.89. The Morgan fingerprint density at radius 2 is 1.44 bits per heavy atom. The fourth-order valence-electron chi connectivity index (χ4n) is 5.54. The molecule has 0 fully saturated rings. The van der Waals surface area contributed by atoms with Crippen molar-refractivity contribution in [3.63, 3.8) is 0 Å². The normalized spacial score (nSPS) is 17.8. The molecule has 1 heterocycles. The highest BCUT2D eigenvalue weighted by molar-refractivity contribution is 5.94. The van der Waals surface area contributed by atoms with Crippen LogP contribution >= 0.6 is 0 Å². The standard InChI is InChI=1S/C31H34N/c1-19-13-14-24-25-16-22-11-9-10-12-23(22)17-26(25)30(4,5)31(6,7)29(24)28(19)27-15-20(2)21(3)18-32(27)8/h9-18H,1-8H3/q+1/i3D3. The molecule has 1 nitrogen and oxygen atoms in total. The minimum Gasteiger partial charge on any atom is -0.201 e. The summed E-state index contributed by atoms with van der Waals surface area (Å²) in [5.74, 6) is 0. The minimum absolute atomic E-state index is 0.117. The van der Waals surface area contributed by atoms with Crippen LogP contribution in [0, 0.1) is 20.7 Å². The second kappa shape index (κ2) is 6.78. The number of hydrogen-bond donors (Lipinski definition) is 0. The van der Waals surface area contributed by atoms with E-state index in [1.165, 1.54) is 44.2 Å². The van der Waals surface area contributed by atoms with Crippen LogP contribution in [-0.2, 0) is 17.9 Å². The number of benzene rings is 3. The van der Waals surface area contributed by atoms with Crippen molar-refractivity contribution in [2.45, 2.75) is 59.2 Å². The van der Waals surface area contributed by atoms with Crippen LogP contribution in [0.1, 0.15) is 59.6 Å². The largest absolute Gasteiger partial charge is 0.213 e. The van der Waals surface area contributed by atoms with Gasteiger partial charge in [0.2, 0.25) is 5.69 Å². The van der Waals surface area contributed by atoms with Crippen LogP contribution in [0.3, 0.4) is 0 Å². The first kappa shape index (κ1) is 17.6. The van der Waals surface area contributed by atoms with E-state index in [1.54, 1.807) is 6.20 Å². The minimum atomic E-state index is -2.13. The molecule has 0 amide bonds. The summed E-state index contributed by atoms with van der Waals surface area (Å²) >= 11 is 0. The van der Waals surface area contributed by atoms with E-state index >= 15 is 0 Å². The van der Waals surface area contributed by atoms with Gasteiger partial charge in [0.15, 0.2) is 6.20 Å². The molecule has 0 saturated heterocycles. The Labute approximate surface area is 197 Å². The zero-order valence-corrected chi connectivity index (χ0v) is 20.2. The molecule has 0 saturated carbocycles. The molecule has 1 heteroatoms. The van der Waals surface area contributed by atoms with Gasteiger partial charge in [0.1, 0.15) is 7.05 Å². The molecule has 0 N–H and O–H groups in total. The summed E-state index contributed by atoms with van der Waals surface area (Å²) in [5.41, 5.74) is 9.67. The van der Waals surface area contributed by atoms with Crippen molar-refractivity contribution in [2.75, 3.05) is 0 Å². The first-order chi connectivity index (χ1) is 16.2. The topological polar surface area (TPSA) is 3.88 Å². The number of fused-ring (bicyclic) bond motifs is 4. The molecule has 0 aliphatic heterocycles. The summed E-state index contributed by atoms with van der Waals surface area (Å²) in [6.45, 7) is 11.4. The van der Waals surface area contributed by atoms with E-state index in [4.69, 9.17) is 4.11 Å². The molecule has 0 unspecified atom stereocenters. The first-order valence-corrected chi connectivity index (χ1v) is 11.4. The molecule has 5 rings (SSSR count). The van der Waals surface area contributed by atoms with Gasteiger partial charge < -0.3 is 0 Å². The summed E-state index contributed by atoms with van der Waals surface area (Å²) in [5, 5.41) is 2.52. The third-order valence-corrected chi connectivity index (χ3v) is 8.19. The summed E-state index contributed by atoms with van der Waals surface area (Å²) in [6.07, 6.45) is 1.79. The lowest BCUT2D eigenvalue weighted by atomic mass is 9.54. The fraction of sp³-hybridized carbons (Fsp3) is 0.323. The molecule has 0 radical (unpaired) electrons. The van der Waals surface area contributed by atoms with Crippen molar-refractivity contribution in [3.05, 3.63) is 88.6 Å². The zero-order chi connectivity index (χ0) is 25.5. The van der Waals surface area contributed by atoms with Gasteiger partial charge in [-0.1, -0.05) is 64.1 Å². The van der Waals surface area contributed by atoms with E-state index < -0.39 is 6.85 Å². The number of pyridine rings is 1. The second-order valence-corrected chi connectivity index (χ2v) is 10.5. The lowest BCUT2D eigenvalue weighted by molar-refractivity contribution is -0.660. The van der Waals surface area contributed by atoms with E-state index in [2.05, 4.69) is 89.2 Å². The van der Waals surface area contributed by atoms with Crippen LogP contribution in [0.5, 0.6) is 0 Å². The van der Waals surface area contributed by atoms with E-state index in [0.717, 1.165) is 11.3 Å². The maximum Gasteiger partial charge on any atom is 0.213 e. The molecular weight excluding hydrogens is 386 g/mol. The molecule has 0 atom stereocenters. The van der Waals surface area contributed by atoms with E-state index in [1.807, 2.05) is 18.5 Å². The second-order valence-electron chi connectivity index (χ2n) is 10.5. The van der Waals surface area contributed by atoms with Gasteiger partial charge in [-0.15, -0.1) is 0 Å². The SMILES string of the molecule is [2H]C([2H])([2H])c1c[n+](C)c(-c2c(C)ccc3c2C(C)(C)C(C)(C)c2cc4ccccc4cc2-3)cc1C. The van der Waals surface area contributed by atoms with Gasteiger partial charge in [-0.25, -0.2) is 4.57 Å². The van der Waals surface area contributed by atoms with Crippen molar-refractivity contribution >= 4 is 10.8 Å². The third kappa shape index (κ3) is 2.73. The first-order valence-electron chi connectivity index (χ1n) is 12.9. The average molecular weight is 424 g/mol.